The Balaban J connectivity index is 2.20. The average Bonchev–Trinajstić information content (AvgIpc) is 2.78. The Morgan fingerprint density at radius 3 is 3.00 bits per heavy atom. The van der Waals surface area contributed by atoms with Crippen LogP contribution in [-0.2, 0) is 4.79 Å². The Bertz CT molecular complexity index is 442. The number of carbonyl (C=O) groups excluding carboxylic acids is 1. The van der Waals surface area contributed by atoms with Gasteiger partial charge in [-0.2, -0.15) is 0 Å². The van der Waals surface area contributed by atoms with Gasteiger partial charge in [0.25, 0.3) is 0 Å². The van der Waals surface area contributed by atoms with Crippen molar-refractivity contribution in [1.82, 2.24) is 0 Å². The highest BCUT2D eigenvalue weighted by Gasteiger charge is 2.31. The van der Waals surface area contributed by atoms with Gasteiger partial charge < -0.3 is 14.2 Å². The van der Waals surface area contributed by atoms with Crippen LogP contribution in [0, 0.1) is 0 Å². The number of fused-ring (bicyclic) bond motifs is 1. The van der Waals surface area contributed by atoms with Gasteiger partial charge in [-0.25, -0.2) is 0 Å². The van der Waals surface area contributed by atoms with Crippen molar-refractivity contribution in [3.05, 3.63) is 18.2 Å². The highest BCUT2D eigenvalue weighted by molar-refractivity contribution is 14.1. The molecule has 0 bridgehead atoms. The van der Waals surface area contributed by atoms with Gasteiger partial charge in [0.2, 0.25) is 12.5 Å². The SMILES string of the molecule is CCC(C)(I)C(=O)Oc1cccc2c1OCO2. The average molecular weight is 348 g/mol. The summed E-state index contributed by atoms with van der Waals surface area (Å²) in [5.74, 6) is 1.26. The van der Waals surface area contributed by atoms with E-state index in [1.54, 1.807) is 18.2 Å². The van der Waals surface area contributed by atoms with Crippen molar-refractivity contribution in [2.75, 3.05) is 6.79 Å². The molecule has 5 heteroatoms. The molecule has 0 radical (unpaired) electrons. The predicted molar refractivity (Wildman–Crippen MR) is 70.9 cm³/mol. The summed E-state index contributed by atoms with van der Waals surface area (Å²) in [7, 11) is 0. The second kappa shape index (κ2) is 4.72. The lowest BCUT2D eigenvalue weighted by Crippen LogP contribution is -2.31. The summed E-state index contributed by atoms with van der Waals surface area (Å²) in [5.41, 5.74) is 0. The van der Waals surface area contributed by atoms with E-state index in [1.807, 2.05) is 13.8 Å². The maximum absolute atomic E-state index is 11.9. The van der Waals surface area contributed by atoms with E-state index >= 15 is 0 Å². The van der Waals surface area contributed by atoms with Gasteiger partial charge >= 0.3 is 5.97 Å². The van der Waals surface area contributed by atoms with Gasteiger partial charge in [0.05, 0.1) is 0 Å². The third-order valence-electron chi connectivity index (χ3n) is 2.65. The van der Waals surface area contributed by atoms with E-state index in [-0.39, 0.29) is 12.8 Å². The molecular weight excluding hydrogens is 335 g/mol. The van der Waals surface area contributed by atoms with Crippen LogP contribution >= 0.6 is 22.6 Å². The highest BCUT2D eigenvalue weighted by Crippen LogP contribution is 2.41. The van der Waals surface area contributed by atoms with Crippen LogP contribution in [0.1, 0.15) is 20.3 Å². The Morgan fingerprint density at radius 2 is 2.29 bits per heavy atom. The molecule has 0 saturated heterocycles. The van der Waals surface area contributed by atoms with Crippen LogP contribution in [0.3, 0.4) is 0 Å². The van der Waals surface area contributed by atoms with Crippen LogP contribution in [0.2, 0.25) is 0 Å². The van der Waals surface area contributed by atoms with E-state index in [2.05, 4.69) is 22.6 Å². The van der Waals surface area contributed by atoms with Gasteiger partial charge in [-0.15, -0.1) is 0 Å². The van der Waals surface area contributed by atoms with Crippen molar-refractivity contribution < 1.29 is 19.0 Å². The minimum atomic E-state index is -0.528. The van der Waals surface area contributed by atoms with Gasteiger partial charge in [-0.1, -0.05) is 35.6 Å². The number of para-hydroxylation sites is 1. The molecule has 0 saturated carbocycles. The molecule has 2 rings (SSSR count). The molecule has 4 nitrogen and oxygen atoms in total. The molecule has 1 atom stereocenters. The number of esters is 1. The lowest BCUT2D eigenvalue weighted by atomic mass is 10.1. The zero-order chi connectivity index (χ0) is 12.5. The molecule has 92 valence electrons. The van der Waals surface area contributed by atoms with E-state index in [0.717, 1.165) is 0 Å². The molecule has 0 aromatic heterocycles. The number of ether oxygens (including phenoxy) is 3. The Labute approximate surface area is 113 Å². The highest BCUT2D eigenvalue weighted by atomic mass is 127. The second-order valence-electron chi connectivity index (χ2n) is 3.93. The first-order valence-electron chi connectivity index (χ1n) is 5.34. The molecule has 1 heterocycles. The van der Waals surface area contributed by atoms with Crippen LogP contribution in [0.15, 0.2) is 18.2 Å². The van der Waals surface area contributed by atoms with Crippen LogP contribution in [0.4, 0.5) is 0 Å². The lowest BCUT2D eigenvalue weighted by molar-refractivity contribution is -0.136. The van der Waals surface area contributed by atoms with Crippen LogP contribution < -0.4 is 14.2 Å². The Morgan fingerprint density at radius 1 is 1.53 bits per heavy atom. The number of hydrogen-bond donors (Lipinski definition) is 0. The van der Waals surface area contributed by atoms with Crippen LogP contribution in [0.25, 0.3) is 0 Å². The van der Waals surface area contributed by atoms with Gasteiger partial charge in [0.15, 0.2) is 11.5 Å². The molecule has 1 unspecified atom stereocenters. The summed E-state index contributed by atoms with van der Waals surface area (Å²) in [4.78, 5) is 11.9. The van der Waals surface area contributed by atoms with E-state index in [4.69, 9.17) is 14.2 Å². The normalized spacial score (nSPS) is 16.4. The van der Waals surface area contributed by atoms with Crippen molar-refractivity contribution in [3.8, 4) is 17.2 Å². The Hall–Kier alpha value is -0.980. The van der Waals surface area contributed by atoms with Crippen LogP contribution in [-0.4, -0.2) is 16.2 Å². The Kier molecular flexibility index (Phi) is 3.46. The molecule has 0 N–H and O–H groups in total. The first kappa shape index (κ1) is 12.5. The fourth-order valence-corrected chi connectivity index (χ4v) is 1.44. The number of carbonyl (C=O) groups is 1. The fourth-order valence-electron chi connectivity index (χ4n) is 1.33. The fraction of sp³-hybridized carbons (Fsp3) is 0.417. The molecule has 1 aliphatic heterocycles. The van der Waals surface area contributed by atoms with Gasteiger partial charge in [-0.05, 0) is 25.5 Å². The topological polar surface area (TPSA) is 44.8 Å². The van der Waals surface area contributed by atoms with Crippen molar-refractivity contribution in [2.24, 2.45) is 0 Å². The van der Waals surface area contributed by atoms with Crippen molar-refractivity contribution >= 4 is 28.6 Å². The summed E-state index contributed by atoms with van der Waals surface area (Å²) in [5, 5.41) is 0. The van der Waals surface area contributed by atoms with Crippen molar-refractivity contribution in [2.45, 2.75) is 23.7 Å². The largest absolute Gasteiger partial charge is 0.453 e. The summed E-state index contributed by atoms with van der Waals surface area (Å²) in [6.07, 6.45) is 0.707. The summed E-state index contributed by atoms with van der Waals surface area (Å²) in [6.45, 7) is 3.96. The maximum Gasteiger partial charge on any atom is 0.327 e. The number of benzene rings is 1. The molecule has 17 heavy (non-hydrogen) atoms. The van der Waals surface area contributed by atoms with Gasteiger partial charge in [0, 0.05) is 0 Å². The van der Waals surface area contributed by atoms with Gasteiger partial charge in [-0.3, -0.25) is 4.79 Å². The van der Waals surface area contributed by atoms with E-state index in [9.17, 15) is 4.79 Å². The number of halogens is 1. The molecule has 1 aliphatic rings. The zero-order valence-corrected chi connectivity index (χ0v) is 11.8. The third-order valence-corrected chi connectivity index (χ3v) is 3.86. The van der Waals surface area contributed by atoms with Crippen molar-refractivity contribution in [3.63, 3.8) is 0 Å². The molecule has 1 aromatic rings. The van der Waals surface area contributed by atoms with Crippen molar-refractivity contribution in [1.29, 1.82) is 0 Å². The molecule has 0 fully saturated rings. The van der Waals surface area contributed by atoms with Crippen LogP contribution in [0.5, 0.6) is 17.2 Å². The molecule has 1 aromatic carbocycles. The first-order chi connectivity index (χ1) is 8.04. The molecular formula is C12H13IO4. The molecule has 0 amide bonds. The number of rotatable bonds is 3. The smallest absolute Gasteiger partial charge is 0.327 e. The third kappa shape index (κ3) is 2.48. The van der Waals surface area contributed by atoms with E-state index in [0.29, 0.717) is 23.7 Å². The molecule has 0 spiro atoms. The summed E-state index contributed by atoms with van der Waals surface area (Å²) in [6, 6.07) is 5.25. The zero-order valence-electron chi connectivity index (χ0n) is 9.66. The predicted octanol–water partition coefficient (Wildman–Crippen LogP) is 2.92. The monoisotopic (exact) mass is 348 g/mol. The first-order valence-corrected chi connectivity index (χ1v) is 6.42. The number of alkyl halides is 1. The van der Waals surface area contributed by atoms with Gasteiger partial charge in [0.1, 0.15) is 3.42 Å². The minimum absolute atomic E-state index is 0.166. The standard InChI is InChI=1S/C12H13IO4/c1-3-12(2,13)11(14)17-9-6-4-5-8-10(9)16-7-15-8/h4-6H,3,7H2,1-2H3. The lowest BCUT2D eigenvalue weighted by Gasteiger charge is -2.18. The second-order valence-corrected chi connectivity index (χ2v) is 6.31. The quantitative estimate of drug-likeness (QED) is 0.365. The molecule has 0 aliphatic carbocycles. The maximum atomic E-state index is 11.9. The van der Waals surface area contributed by atoms with E-state index < -0.39 is 3.42 Å². The summed E-state index contributed by atoms with van der Waals surface area (Å²) < 4.78 is 15.3. The van der Waals surface area contributed by atoms with E-state index in [1.165, 1.54) is 0 Å². The number of hydrogen-bond acceptors (Lipinski definition) is 4. The minimum Gasteiger partial charge on any atom is -0.453 e. The summed E-state index contributed by atoms with van der Waals surface area (Å²) >= 11 is 2.09.